The smallest absolute Gasteiger partial charge is 0.265 e. The number of rotatable bonds is 5. The molecular weight excluding hydrogens is 272 g/mol. The topological polar surface area (TPSA) is 75.7 Å². The van der Waals surface area contributed by atoms with Crippen LogP contribution in [0.3, 0.4) is 0 Å². The van der Waals surface area contributed by atoms with Crippen molar-refractivity contribution in [2.45, 2.75) is 20.3 Å². The largest absolute Gasteiger partial charge is 0.482 e. The van der Waals surface area contributed by atoms with Gasteiger partial charge in [0.1, 0.15) is 12.3 Å². The molecule has 0 aliphatic carbocycles. The van der Waals surface area contributed by atoms with Gasteiger partial charge in [-0.15, -0.1) is 0 Å². The Morgan fingerprint density at radius 1 is 1.38 bits per heavy atom. The quantitative estimate of drug-likeness (QED) is 0.825. The minimum atomic E-state index is -0.296. The molecule has 112 valence electrons. The van der Waals surface area contributed by atoms with E-state index in [-0.39, 0.29) is 30.7 Å². The average molecular weight is 290 g/mol. The van der Waals surface area contributed by atoms with E-state index in [1.54, 1.807) is 18.2 Å². The van der Waals surface area contributed by atoms with E-state index in [0.717, 1.165) is 6.42 Å². The molecule has 1 heterocycles. The van der Waals surface area contributed by atoms with Crippen molar-refractivity contribution in [3.8, 4) is 5.75 Å². The monoisotopic (exact) mass is 290 g/mol. The van der Waals surface area contributed by atoms with Gasteiger partial charge >= 0.3 is 0 Å². The third-order valence-corrected chi connectivity index (χ3v) is 3.18. The zero-order chi connectivity index (χ0) is 15.4. The van der Waals surface area contributed by atoms with Gasteiger partial charge in [-0.25, -0.2) is 0 Å². The van der Waals surface area contributed by atoms with Crippen LogP contribution in [0.2, 0.25) is 0 Å². The van der Waals surface area contributed by atoms with Crippen LogP contribution in [-0.2, 0) is 9.59 Å². The lowest BCUT2D eigenvalue weighted by molar-refractivity contribution is -0.125. The van der Waals surface area contributed by atoms with Crippen LogP contribution in [0.1, 0.15) is 30.6 Å². The maximum absolute atomic E-state index is 12.0. The number of carbonyl (C=O) groups is 3. The van der Waals surface area contributed by atoms with Gasteiger partial charge in [0.15, 0.2) is 12.4 Å². The summed E-state index contributed by atoms with van der Waals surface area (Å²) >= 11 is 0. The molecule has 0 saturated heterocycles. The van der Waals surface area contributed by atoms with Gasteiger partial charge < -0.3 is 10.1 Å². The second-order valence-corrected chi connectivity index (χ2v) is 4.86. The molecule has 0 fully saturated rings. The van der Waals surface area contributed by atoms with Crippen LogP contribution < -0.4 is 15.0 Å². The molecule has 0 bridgehead atoms. The number of anilines is 1. The highest BCUT2D eigenvalue weighted by atomic mass is 16.5. The maximum atomic E-state index is 12.0. The first-order valence-corrected chi connectivity index (χ1v) is 6.87. The lowest BCUT2D eigenvalue weighted by atomic mass is 10.1. The predicted octanol–water partition coefficient (Wildman–Crippen LogP) is 1.14. The van der Waals surface area contributed by atoms with Crippen molar-refractivity contribution in [3.63, 3.8) is 0 Å². The van der Waals surface area contributed by atoms with Crippen molar-refractivity contribution in [2.75, 3.05) is 24.6 Å². The van der Waals surface area contributed by atoms with E-state index >= 15 is 0 Å². The highest BCUT2D eigenvalue weighted by molar-refractivity contribution is 6.04. The number of hydrogen-bond acceptors (Lipinski definition) is 4. The van der Waals surface area contributed by atoms with E-state index in [9.17, 15) is 14.4 Å². The summed E-state index contributed by atoms with van der Waals surface area (Å²) in [6.45, 7) is 3.79. The number of hydrogen-bond donors (Lipinski definition) is 1. The Labute approximate surface area is 123 Å². The SMILES string of the molecule is CCCNC(=O)CN1C(=O)COc2ccc(C(C)=O)cc21. The number of nitrogens with one attached hydrogen (secondary N) is 1. The number of amides is 2. The molecule has 6 heteroatoms. The van der Waals surface area contributed by atoms with Crippen molar-refractivity contribution in [1.82, 2.24) is 5.32 Å². The van der Waals surface area contributed by atoms with Gasteiger partial charge in [-0.05, 0) is 31.5 Å². The molecular formula is C15H18N2O4. The number of carbonyl (C=O) groups excluding carboxylic acids is 3. The van der Waals surface area contributed by atoms with Crippen molar-refractivity contribution in [3.05, 3.63) is 23.8 Å². The van der Waals surface area contributed by atoms with E-state index in [2.05, 4.69) is 5.32 Å². The Hall–Kier alpha value is -2.37. The third kappa shape index (κ3) is 3.39. The van der Waals surface area contributed by atoms with Crippen LogP contribution in [-0.4, -0.2) is 37.3 Å². The first kappa shape index (κ1) is 15.0. The molecule has 21 heavy (non-hydrogen) atoms. The molecule has 2 amide bonds. The molecule has 1 aromatic carbocycles. The Kier molecular flexibility index (Phi) is 4.57. The van der Waals surface area contributed by atoms with Gasteiger partial charge in [0.05, 0.1) is 5.69 Å². The minimum absolute atomic E-state index is 0.0729. The number of benzene rings is 1. The second kappa shape index (κ2) is 6.39. The molecule has 1 aromatic rings. The number of fused-ring (bicyclic) bond motifs is 1. The molecule has 0 spiro atoms. The number of nitrogens with zero attached hydrogens (tertiary/aromatic N) is 1. The molecule has 6 nitrogen and oxygen atoms in total. The summed E-state index contributed by atoms with van der Waals surface area (Å²) in [6.07, 6.45) is 0.827. The first-order valence-electron chi connectivity index (χ1n) is 6.87. The van der Waals surface area contributed by atoms with E-state index in [1.165, 1.54) is 11.8 Å². The summed E-state index contributed by atoms with van der Waals surface area (Å²) < 4.78 is 5.33. The summed E-state index contributed by atoms with van der Waals surface area (Å²) in [5.41, 5.74) is 0.941. The fraction of sp³-hybridized carbons (Fsp3) is 0.400. The average Bonchev–Trinajstić information content (AvgIpc) is 2.47. The second-order valence-electron chi connectivity index (χ2n) is 4.86. The van der Waals surface area contributed by atoms with Crippen molar-refractivity contribution in [2.24, 2.45) is 0 Å². The van der Waals surface area contributed by atoms with E-state index in [4.69, 9.17) is 4.74 Å². The van der Waals surface area contributed by atoms with Gasteiger partial charge in [0, 0.05) is 12.1 Å². The lowest BCUT2D eigenvalue weighted by Gasteiger charge is -2.29. The summed E-state index contributed by atoms with van der Waals surface area (Å²) in [7, 11) is 0. The third-order valence-electron chi connectivity index (χ3n) is 3.18. The fourth-order valence-electron chi connectivity index (χ4n) is 2.06. The Balaban J connectivity index is 2.26. The van der Waals surface area contributed by atoms with Crippen LogP contribution in [0.15, 0.2) is 18.2 Å². The number of ether oxygens (including phenoxy) is 1. The molecule has 1 aliphatic rings. The van der Waals surface area contributed by atoms with Crippen LogP contribution in [0.4, 0.5) is 5.69 Å². The van der Waals surface area contributed by atoms with E-state index in [0.29, 0.717) is 23.5 Å². The zero-order valence-corrected chi connectivity index (χ0v) is 12.1. The minimum Gasteiger partial charge on any atom is -0.482 e. The molecule has 2 rings (SSSR count). The first-order chi connectivity index (χ1) is 10.0. The van der Waals surface area contributed by atoms with Gasteiger partial charge in [-0.3, -0.25) is 19.3 Å². The molecule has 1 N–H and O–H groups in total. The van der Waals surface area contributed by atoms with Crippen molar-refractivity contribution >= 4 is 23.3 Å². The molecule has 1 aliphatic heterocycles. The van der Waals surface area contributed by atoms with E-state index < -0.39 is 0 Å². The summed E-state index contributed by atoms with van der Waals surface area (Å²) in [5, 5.41) is 2.73. The molecule has 0 radical (unpaired) electrons. The summed E-state index contributed by atoms with van der Waals surface area (Å²) in [6, 6.07) is 4.88. The zero-order valence-electron chi connectivity index (χ0n) is 12.1. The molecule has 0 unspecified atom stereocenters. The van der Waals surface area contributed by atoms with Crippen molar-refractivity contribution < 1.29 is 19.1 Å². The molecule has 0 atom stereocenters. The van der Waals surface area contributed by atoms with Crippen LogP contribution in [0.25, 0.3) is 0 Å². The Morgan fingerprint density at radius 3 is 2.81 bits per heavy atom. The van der Waals surface area contributed by atoms with Crippen molar-refractivity contribution in [1.29, 1.82) is 0 Å². The van der Waals surface area contributed by atoms with Crippen LogP contribution in [0, 0.1) is 0 Å². The van der Waals surface area contributed by atoms with Crippen LogP contribution >= 0.6 is 0 Å². The number of Topliss-reactive ketones (excluding diaryl/α,β-unsaturated/α-hetero) is 1. The fourth-order valence-corrected chi connectivity index (χ4v) is 2.06. The van der Waals surface area contributed by atoms with Gasteiger partial charge in [0.25, 0.3) is 5.91 Å². The number of ketones is 1. The summed E-state index contributed by atoms with van der Waals surface area (Å²) in [4.78, 5) is 36.6. The lowest BCUT2D eigenvalue weighted by Crippen LogP contribution is -2.45. The van der Waals surface area contributed by atoms with Gasteiger partial charge in [-0.1, -0.05) is 6.92 Å². The molecule has 0 aromatic heterocycles. The van der Waals surface area contributed by atoms with Gasteiger partial charge in [0.2, 0.25) is 5.91 Å². The normalized spacial score (nSPS) is 13.4. The standard InChI is InChI=1S/C15H18N2O4/c1-3-6-16-14(19)8-17-12-7-11(10(2)18)4-5-13(12)21-9-15(17)20/h4-5,7H,3,6,8-9H2,1-2H3,(H,16,19). The highest BCUT2D eigenvalue weighted by Gasteiger charge is 2.27. The Bertz CT molecular complexity index is 583. The molecule has 0 saturated carbocycles. The highest BCUT2D eigenvalue weighted by Crippen LogP contribution is 2.32. The summed E-state index contributed by atoms with van der Waals surface area (Å²) in [5.74, 6) is -0.129. The maximum Gasteiger partial charge on any atom is 0.265 e. The van der Waals surface area contributed by atoms with Gasteiger partial charge in [-0.2, -0.15) is 0 Å². The van der Waals surface area contributed by atoms with Crippen LogP contribution in [0.5, 0.6) is 5.75 Å². The Morgan fingerprint density at radius 2 is 2.14 bits per heavy atom. The van der Waals surface area contributed by atoms with E-state index in [1.807, 2.05) is 6.92 Å². The predicted molar refractivity (Wildman–Crippen MR) is 77.6 cm³/mol.